The van der Waals surface area contributed by atoms with Crippen molar-refractivity contribution in [2.45, 2.75) is 32.9 Å². The van der Waals surface area contributed by atoms with E-state index in [1.807, 2.05) is 72.9 Å². The zero-order valence-electron chi connectivity index (χ0n) is 25.1. The van der Waals surface area contributed by atoms with E-state index in [9.17, 15) is 14.4 Å². The first-order valence-corrected chi connectivity index (χ1v) is 15.2. The number of ether oxygens (including phenoxy) is 2. The summed E-state index contributed by atoms with van der Waals surface area (Å²) in [5, 5.41) is 4.88. The molecule has 0 saturated heterocycles. The number of nitrogens with zero attached hydrogens (tertiary/aromatic N) is 4. The molecule has 3 heterocycles. The molecule has 5 aromatic rings. The Balaban J connectivity index is 1.54. The molecule has 0 fully saturated rings. The minimum atomic E-state index is -0.818. The molecule has 2 aromatic heterocycles. The van der Waals surface area contributed by atoms with Gasteiger partial charge in [-0.15, -0.1) is 0 Å². The van der Waals surface area contributed by atoms with Gasteiger partial charge >= 0.3 is 11.9 Å². The van der Waals surface area contributed by atoms with E-state index in [0.717, 1.165) is 22.5 Å². The number of benzene rings is 3. The summed E-state index contributed by atoms with van der Waals surface area (Å²) in [6.07, 6.45) is 3.35. The molecule has 0 spiro atoms. The average Bonchev–Trinajstić information content (AvgIpc) is 3.61. The van der Waals surface area contributed by atoms with Gasteiger partial charge in [0.15, 0.2) is 4.80 Å². The van der Waals surface area contributed by atoms with Crippen molar-refractivity contribution in [1.82, 2.24) is 14.3 Å². The minimum absolute atomic E-state index is 0.260. The van der Waals surface area contributed by atoms with Crippen LogP contribution in [0.3, 0.4) is 0 Å². The van der Waals surface area contributed by atoms with Crippen LogP contribution < -0.4 is 14.9 Å². The lowest BCUT2D eigenvalue weighted by molar-refractivity contribution is -0.143. The SMILES string of the molecule is COC(=O)c1ccc(C2C(C(=O)OC(C)C)=C(C)N=c3sc(=Cc4cn(-c5ccccc5)nc4-c4ccccc4)c(=O)n32)cc1. The smallest absolute Gasteiger partial charge is 0.338 e. The van der Waals surface area contributed by atoms with Gasteiger partial charge in [0.05, 0.1) is 52.0 Å². The molecule has 226 valence electrons. The van der Waals surface area contributed by atoms with Gasteiger partial charge in [-0.3, -0.25) is 9.36 Å². The van der Waals surface area contributed by atoms with Crippen molar-refractivity contribution >= 4 is 29.4 Å². The van der Waals surface area contributed by atoms with Gasteiger partial charge in [0.1, 0.15) is 0 Å². The number of para-hydroxylation sites is 1. The summed E-state index contributed by atoms with van der Waals surface area (Å²) in [7, 11) is 1.31. The van der Waals surface area contributed by atoms with E-state index in [2.05, 4.69) is 0 Å². The van der Waals surface area contributed by atoms with Crippen LogP contribution in [0.25, 0.3) is 23.0 Å². The molecule has 0 N–H and O–H groups in total. The van der Waals surface area contributed by atoms with Crippen LogP contribution in [0.2, 0.25) is 0 Å². The highest BCUT2D eigenvalue weighted by molar-refractivity contribution is 7.07. The topological polar surface area (TPSA) is 105 Å². The number of carbonyl (C=O) groups excluding carboxylic acids is 2. The van der Waals surface area contributed by atoms with Crippen LogP contribution in [0.1, 0.15) is 48.3 Å². The van der Waals surface area contributed by atoms with Crippen molar-refractivity contribution in [1.29, 1.82) is 0 Å². The highest BCUT2D eigenvalue weighted by Crippen LogP contribution is 2.31. The molecule has 1 atom stereocenters. The Morgan fingerprint density at radius 1 is 0.933 bits per heavy atom. The van der Waals surface area contributed by atoms with Gasteiger partial charge in [0.2, 0.25) is 0 Å². The summed E-state index contributed by atoms with van der Waals surface area (Å²) in [6, 6.07) is 25.4. The largest absolute Gasteiger partial charge is 0.465 e. The van der Waals surface area contributed by atoms with Crippen LogP contribution in [0, 0.1) is 0 Å². The van der Waals surface area contributed by atoms with E-state index in [4.69, 9.17) is 19.6 Å². The molecule has 0 bridgehead atoms. The number of esters is 2. The predicted molar refractivity (Wildman–Crippen MR) is 172 cm³/mol. The Hall–Kier alpha value is -5.35. The fourth-order valence-electron chi connectivity index (χ4n) is 5.26. The van der Waals surface area contributed by atoms with Gasteiger partial charge in [-0.1, -0.05) is 72.0 Å². The zero-order valence-corrected chi connectivity index (χ0v) is 25.9. The van der Waals surface area contributed by atoms with Gasteiger partial charge in [-0.05, 0) is 56.7 Å². The highest BCUT2D eigenvalue weighted by Gasteiger charge is 2.34. The van der Waals surface area contributed by atoms with E-state index in [1.54, 1.807) is 49.7 Å². The Kier molecular flexibility index (Phi) is 8.14. The number of thiazole rings is 1. The van der Waals surface area contributed by atoms with Crippen molar-refractivity contribution < 1.29 is 19.1 Å². The van der Waals surface area contributed by atoms with Crippen LogP contribution in [0.15, 0.2) is 112 Å². The number of fused-ring (bicyclic) bond motifs is 1. The third kappa shape index (κ3) is 5.80. The molecule has 0 saturated carbocycles. The molecule has 9 nitrogen and oxygen atoms in total. The van der Waals surface area contributed by atoms with E-state index in [-0.39, 0.29) is 17.2 Å². The number of allylic oxidation sites excluding steroid dienone is 1. The van der Waals surface area contributed by atoms with Gasteiger partial charge in [0.25, 0.3) is 5.56 Å². The second-order valence-corrected chi connectivity index (χ2v) is 11.7. The number of carbonyl (C=O) groups is 2. The molecule has 0 radical (unpaired) electrons. The number of rotatable bonds is 7. The van der Waals surface area contributed by atoms with E-state index in [0.29, 0.717) is 26.2 Å². The van der Waals surface area contributed by atoms with Crippen molar-refractivity contribution in [2.75, 3.05) is 7.11 Å². The first-order chi connectivity index (χ1) is 21.7. The Morgan fingerprint density at radius 2 is 1.60 bits per heavy atom. The zero-order chi connectivity index (χ0) is 31.7. The Morgan fingerprint density at radius 3 is 2.24 bits per heavy atom. The van der Waals surface area contributed by atoms with Gasteiger partial charge in [0, 0.05) is 17.3 Å². The van der Waals surface area contributed by atoms with Gasteiger partial charge in [-0.2, -0.15) is 5.10 Å². The molecule has 1 aliphatic heterocycles. The molecule has 3 aromatic carbocycles. The molecule has 1 unspecified atom stereocenters. The first kappa shape index (κ1) is 29.7. The van der Waals surface area contributed by atoms with Crippen LogP contribution in [0.4, 0.5) is 0 Å². The van der Waals surface area contributed by atoms with Gasteiger partial charge in [-0.25, -0.2) is 19.3 Å². The number of methoxy groups -OCH3 is 1. The summed E-state index contributed by atoms with van der Waals surface area (Å²) < 4.78 is 14.2. The molecule has 6 rings (SSSR count). The normalized spacial score (nSPS) is 14.7. The number of hydrogen-bond acceptors (Lipinski definition) is 8. The second kappa shape index (κ2) is 12.3. The first-order valence-electron chi connectivity index (χ1n) is 14.4. The average molecular weight is 619 g/mol. The maximum Gasteiger partial charge on any atom is 0.338 e. The third-order valence-corrected chi connectivity index (χ3v) is 8.31. The summed E-state index contributed by atoms with van der Waals surface area (Å²) in [6.45, 7) is 5.27. The van der Waals surface area contributed by atoms with E-state index >= 15 is 0 Å². The van der Waals surface area contributed by atoms with Crippen molar-refractivity contribution in [3.05, 3.63) is 139 Å². The van der Waals surface area contributed by atoms with E-state index < -0.39 is 18.0 Å². The summed E-state index contributed by atoms with van der Waals surface area (Å²) in [5.41, 5.74) is 4.65. The fourth-order valence-corrected chi connectivity index (χ4v) is 6.30. The number of aromatic nitrogens is 3. The summed E-state index contributed by atoms with van der Waals surface area (Å²) in [5.74, 6) is -1.04. The quantitative estimate of drug-likeness (QED) is 0.242. The van der Waals surface area contributed by atoms with Crippen molar-refractivity contribution in [3.8, 4) is 16.9 Å². The third-order valence-electron chi connectivity index (χ3n) is 7.33. The maximum atomic E-state index is 14.3. The molecule has 45 heavy (non-hydrogen) atoms. The fraction of sp³-hybridized carbons (Fsp3) is 0.171. The lowest BCUT2D eigenvalue weighted by atomic mass is 9.95. The summed E-state index contributed by atoms with van der Waals surface area (Å²) >= 11 is 1.24. The second-order valence-electron chi connectivity index (χ2n) is 10.7. The predicted octanol–water partition coefficient (Wildman–Crippen LogP) is 4.83. The Bertz CT molecular complexity index is 2110. The minimum Gasteiger partial charge on any atom is -0.465 e. The number of hydrogen-bond donors (Lipinski definition) is 0. The monoisotopic (exact) mass is 618 g/mol. The molecular weight excluding hydrogens is 588 g/mol. The van der Waals surface area contributed by atoms with Crippen LogP contribution in [-0.2, 0) is 14.3 Å². The van der Waals surface area contributed by atoms with Gasteiger partial charge < -0.3 is 9.47 Å². The highest BCUT2D eigenvalue weighted by atomic mass is 32.1. The molecule has 0 amide bonds. The van der Waals surface area contributed by atoms with Crippen LogP contribution >= 0.6 is 11.3 Å². The lowest BCUT2D eigenvalue weighted by Crippen LogP contribution is -2.40. The molecular formula is C35H30N4O5S. The summed E-state index contributed by atoms with van der Waals surface area (Å²) in [4.78, 5) is 44.9. The maximum absolute atomic E-state index is 14.3. The van der Waals surface area contributed by atoms with E-state index in [1.165, 1.54) is 23.0 Å². The van der Waals surface area contributed by atoms with Crippen molar-refractivity contribution in [3.63, 3.8) is 0 Å². The van der Waals surface area contributed by atoms with Crippen molar-refractivity contribution in [2.24, 2.45) is 4.99 Å². The molecule has 0 aliphatic carbocycles. The van der Waals surface area contributed by atoms with Crippen LogP contribution in [0.5, 0.6) is 0 Å². The van der Waals surface area contributed by atoms with Crippen LogP contribution in [-0.4, -0.2) is 39.5 Å². The Labute approximate surface area is 263 Å². The standard InChI is InChI=1S/C35H30N4O5S/c1-21(2)44-34(42)29-22(3)36-35-39(31(29)24-15-17-25(18-16-24)33(41)43-4)32(40)28(45-35)19-26-20-38(27-13-9-6-10-14-27)37-30(26)23-11-7-5-8-12-23/h5-21,31H,1-4H3. The molecule has 10 heteroatoms. The lowest BCUT2D eigenvalue weighted by Gasteiger charge is -2.25. The molecule has 1 aliphatic rings.